The van der Waals surface area contributed by atoms with Crippen LogP contribution >= 0.6 is 23.2 Å². The first-order chi connectivity index (χ1) is 9.11. The van der Waals surface area contributed by atoms with Gasteiger partial charge in [0.2, 0.25) is 0 Å². The summed E-state index contributed by atoms with van der Waals surface area (Å²) in [6.07, 6.45) is 4.88. The van der Waals surface area contributed by atoms with E-state index >= 15 is 0 Å². The van der Waals surface area contributed by atoms with Crippen LogP contribution in [-0.2, 0) is 0 Å². The summed E-state index contributed by atoms with van der Waals surface area (Å²) in [6, 6.07) is 5.76. The number of halogens is 2. The Balaban J connectivity index is 1.98. The molecule has 1 aromatic carbocycles. The molecule has 2 heterocycles. The minimum Gasteiger partial charge on any atom is -0.363 e. The van der Waals surface area contributed by atoms with Crippen molar-refractivity contribution < 1.29 is 0 Å². The van der Waals surface area contributed by atoms with Crippen LogP contribution in [0.15, 0.2) is 12.1 Å². The molecule has 2 atom stereocenters. The van der Waals surface area contributed by atoms with Gasteiger partial charge in [0, 0.05) is 18.1 Å². The van der Waals surface area contributed by atoms with Gasteiger partial charge in [-0.2, -0.15) is 0 Å². The second-order valence-electron chi connectivity index (χ2n) is 5.78. The molecule has 0 aliphatic carbocycles. The third-order valence-corrected chi connectivity index (χ3v) is 5.44. The van der Waals surface area contributed by atoms with Gasteiger partial charge in [-0.3, -0.25) is 0 Å². The lowest BCUT2D eigenvalue weighted by Gasteiger charge is -2.41. The lowest BCUT2D eigenvalue weighted by atomic mass is 9.96. The van der Waals surface area contributed by atoms with E-state index in [-0.39, 0.29) is 0 Å². The van der Waals surface area contributed by atoms with Gasteiger partial charge in [-0.15, -0.1) is 0 Å². The summed E-state index contributed by atoms with van der Waals surface area (Å²) in [5, 5.41) is 5.04. The van der Waals surface area contributed by atoms with Crippen LogP contribution in [-0.4, -0.2) is 25.2 Å². The van der Waals surface area contributed by atoms with Gasteiger partial charge in [0.1, 0.15) is 0 Å². The van der Waals surface area contributed by atoms with E-state index in [0.29, 0.717) is 18.1 Å². The molecule has 2 bridgehead atoms. The van der Waals surface area contributed by atoms with Gasteiger partial charge >= 0.3 is 0 Å². The first-order valence-corrected chi connectivity index (χ1v) is 7.77. The van der Waals surface area contributed by atoms with Crippen molar-refractivity contribution in [3.63, 3.8) is 0 Å². The molecule has 2 saturated heterocycles. The van der Waals surface area contributed by atoms with Crippen molar-refractivity contribution in [3.8, 4) is 0 Å². The van der Waals surface area contributed by atoms with E-state index in [1.54, 1.807) is 0 Å². The maximum absolute atomic E-state index is 6.52. The van der Waals surface area contributed by atoms with Crippen molar-refractivity contribution in [1.29, 1.82) is 0 Å². The Morgan fingerprint density at radius 3 is 2.37 bits per heavy atom. The summed E-state index contributed by atoms with van der Waals surface area (Å²) in [7, 11) is 2.06. The zero-order valence-corrected chi connectivity index (χ0v) is 12.9. The lowest BCUT2D eigenvalue weighted by molar-refractivity contribution is 0.374. The van der Waals surface area contributed by atoms with Gasteiger partial charge in [0.15, 0.2) is 0 Å². The zero-order chi connectivity index (χ0) is 13.6. The minimum atomic E-state index is 0.577. The average Bonchev–Trinajstić information content (AvgIpc) is 2.66. The number of rotatable bonds is 2. The molecule has 2 unspecified atom stereocenters. The van der Waals surface area contributed by atoms with Crippen molar-refractivity contribution >= 4 is 28.9 Å². The second-order valence-corrected chi connectivity index (χ2v) is 6.56. The fraction of sp³-hybridized carbons (Fsp3) is 0.600. The van der Waals surface area contributed by atoms with Crippen LogP contribution in [0.5, 0.6) is 0 Å². The predicted octanol–water partition coefficient (Wildman–Crippen LogP) is 4.02. The number of anilines is 1. The summed E-state index contributed by atoms with van der Waals surface area (Å²) in [6.45, 7) is 2.05. The molecular weight excluding hydrogens is 279 g/mol. The van der Waals surface area contributed by atoms with E-state index in [0.717, 1.165) is 21.3 Å². The SMILES string of the molecule is CNC1CC2CCC(C1)N2c1c(Cl)ccc(C)c1Cl. The lowest BCUT2D eigenvalue weighted by Crippen LogP contribution is -2.48. The Morgan fingerprint density at radius 2 is 1.79 bits per heavy atom. The molecule has 2 nitrogen and oxygen atoms in total. The van der Waals surface area contributed by atoms with Crippen LogP contribution in [0.2, 0.25) is 10.0 Å². The Hall–Kier alpha value is -0.440. The molecule has 104 valence electrons. The third-order valence-electron chi connectivity index (χ3n) is 4.66. The summed E-state index contributed by atoms with van der Waals surface area (Å²) in [4.78, 5) is 2.49. The number of hydrogen-bond donors (Lipinski definition) is 1. The van der Waals surface area contributed by atoms with E-state index in [4.69, 9.17) is 23.2 Å². The van der Waals surface area contributed by atoms with Crippen LogP contribution in [0.4, 0.5) is 5.69 Å². The molecule has 0 aromatic heterocycles. The molecule has 2 aliphatic heterocycles. The van der Waals surface area contributed by atoms with Gasteiger partial charge in [-0.25, -0.2) is 0 Å². The topological polar surface area (TPSA) is 15.3 Å². The molecule has 0 saturated carbocycles. The van der Waals surface area contributed by atoms with Crippen molar-refractivity contribution in [2.45, 2.75) is 50.7 Å². The Morgan fingerprint density at radius 1 is 1.16 bits per heavy atom. The average molecular weight is 299 g/mol. The van der Waals surface area contributed by atoms with Crippen LogP contribution < -0.4 is 10.2 Å². The molecule has 3 rings (SSSR count). The van der Waals surface area contributed by atoms with Crippen molar-refractivity contribution in [2.75, 3.05) is 11.9 Å². The normalized spacial score (nSPS) is 29.9. The zero-order valence-electron chi connectivity index (χ0n) is 11.4. The highest BCUT2D eigenvalue weighted by atomic mass is 35.5. The quantitative estimate of drug-likeness (QED) is 0.887. The molecule has 2 aliphatic rings. The highest BCUT2D eigenvalue weighted by Crippen LogP contribution is 2.45. The molecule has 0 amide bonds. The van der Waals surface area contributed by atoms with Crippen LogP contribution in [0, 0.1) is 6.92 Å². The van der Waals surface area contributed by atoms with E-state index in [9.17, 15) is 0 Å². The third kappa shape index (κ3) is 2.24. The summed E-state index contributed by atoms with van der Waals surface area (Å²) in [5.74, 6) is 0. The van der Waals surface area contributed by atoms with Crippen molar-refractivity contribution in [1.82, 2.24) is 5.32 Å². The fourth-order valence-corrected chi connectivity index (χ4v) is 4.22. The minimum absolute atomic E-state index is 0.577. The van der Waals surface area contributed by atoms with E-state index in [1.165, 1.54) is 25.7 Å². The number of piperidine rings is 1. The summed E-state index contributed by atoms with van der Waals surface area (Å²) in [5.41, 5.74) is 2.17. The molecular formula is C15H20Cl2N2. The monoisotopic (exact) mass is 298 g/mol. The van der Waals surface area contributed by atoms with Gasteiger partial charge in [0.25, 0.3) is 0 Å². The Labute approximate surface area is 125 Å². The molecule has 1 aromatic rings. The number of fused-ring (bicyclic) bond motifs is 2. The molecule has 4 heteroatoms. The van der Waals surface area contributed by atoms with E-state index in [1.807, 2.05) is 19.1 Å². The maximum Gasteiger partial charge on any atom is 0.0752 e. The van der Waals surface area contributed by atoms with Gasteiger partial charge in [-0.05, 0) is 51.3 Å². The number of aryl methyl sites for hydroxylation is 1. The summed E-state index contributed by atoms with van der Waals surface area (Å²) >= 11 is 12.9. The summed E-state index contributed by atoms with van der Waals surface area (Å²) < 4.78 is 0. The standard InChI is InChI=1S/C15H20Cl2N2/c1-9-3-6-13(16)15(14(9)17)19-11-4-5-12(19)8-10(7-11)18-2/h3,6,10-12,18H,4-5,7-8H2,1-2H3. The number of nitrogens with zero attached hydrogens (tertiary/aromatic N) is 1. The number of hydrogen-bond acceptors (Lipinski definition) is 2. The number of benzene rings is 1. The van der Waals surface area contributed by atoms with Crippen LogP contribution in [0.1, 0.15) is 31.2 Å². The first-order valence-electron chi connectivity index (χ1n) is 7.02. The highest BCUT2D eigenvalue weighted by Gasteiger charge is 2.41. The molecule has 0 spiro atoms. The van der Waals surface area contributed by atoms with Gasteiger partial charge < -0.3 is 10.2 Å². The smallest absolute Gasteiger partial charge is 0.0752 e. The second kappa shape index (κ2) is 5.16. The number of nitrogens with one attached hydrogen (secondary N) is 1. The van der Waals surface area contributed by atoms with Crippen LogP contribution in [0.25, 0.3) is 0 Å². The van der Waals surface area contributed by atoms with Crippen molar-refractivity contribution in [2.24, 2.45) is 0 Å². The molecule has 1 N–H and O–H groups in total. The molecule has 0 radical (unpaired) electrons. The highest BCUT2D eigenvalue weighted by molar-refractivity contribution is 6.39. The molecule has 19 heavy (non-hydrogen) atoms. The van der Waals surface area contributed by atoms with Gasteiger partial charge in [-0.1, -0.05) is 29.3 Å². The van der Waals surface area contributed by atoms with E-state index < -0.39 is 0 Å². The Kier molecular flexibility index (Phi) is 3.67. The first kappa shape index (κ1) is 13.5. The van der Waals surface area contributed by atoms with Crippen LogP contribution in [0.3, 0.4) is 0 Å². The van der Waals surface area contributed by atoms with E-state index in [2.05, 4.69) is 17.3 Å². The largest absolute Gasteiger partial charge is 0.363 e. The predicted molar refractivity (Wildman–Crippen MR) is 82.6 cm³/mol. The van der Waals surface area contributed by atoms with Gasteiger partial charge in [0.05, 0.1) is 15.7 Å². The van der Waals surface area contributed by atoms with Crippen molar-refractivity contribution in [3.05, 3.63) is 27.7 Å². The molecule has 2 fully saturated rings. The Bertz CT molecular complexity index is 475. The fourth-order valence-electron chi connectivity index (χ4n) is 3.66. The maximum atomic E-state index is 6.52.